The summed E-state index contributed by atoms with van der Waals surface area (Å²) in [6, 6.07) is 11.3. The van der Waals surface area contributed by atoms with Crippen LogP contribution < -0.4 is 5.73 Å². The van der Waals surface area contributed by atoms with Crippen LogP contribution in [-0.4, -0.2) is 14.8 Å². The molecule has 0 amide bonds. The monoisotopic (exact) mass is 334 g/mol. The first kappa shape index (κ1) is 16.9. The minimum Gasteiger partial charge on any atom is -0.565 e. The van der Waals surface area contributed by atoms with E-state index in [4.69, 9.17) is 11.1 Å². The lowest BCUT2D eigenvalue weighted by molar-refractivity contribution is 0.652. The highest BCUT2D eigenvalue weighted by molar-refractivity contribution is 7.89. The fourth-order valence-corrected chi connectivity index (χ4v) is 3.58. The van der Waals surface area contributed by atoms with E-state index in [-0.39, 0.29) is 11.9 Å². The number of nitrogens with two attached hydrogens (primary N) is 1. The Morgan fingerprint density at radius 3 is 2.45 bits per heavy atom. The molecule has 0 saturated carbocycles. The minimum atomic E-state index is -1.32. The van der Waals surface area contributed by atoms with E-state index < -0.39 is 15.7 Å². The van der Waals surface area contributed by atoms with Crippen molar-refractivity contribution in [3.8, 4) is 0 Å². The van der Waals surface area contributed by atoms with Gasteiger partial charge in [-0.05, 0) is 10.9 Å². The smallest absolute Gasteiger partial charge is 0.123 e. The van der Waals surface area contributed by atoms with Gasteiger partial charge in [-0.1, -0.05) is 73.7 Å². The van der Waals surface area contributed by atoms with Crippen LogP contribution in [0.25, 0.3) is 4.72 Å². The maximum atomic E-state index is 12.4. The van der Waals surface area contributed by atoms with Crippen molar-refractivity contribution in [1.82, 2.24) is 0 Å². The fourth-order valence-electron chi connectivity index (χ4n) is 1.80. The summed E-state index contributed by atoms with van der Waals surface area (Å²) in [7, 11) is -1.32. The van der Waals surface area contributed by atoms with Gasteiger partial charge in [-0.25, -0.2) is 0 Å². The first-order valence-corrected chi connectivity index (χ1v) is 8.88. The van der Waals surface area contributed by atoms with E-state index in [9.17, 15) is 4.21 Å². The third-order valence-electron chi connectivity index (χ3n) is 3.04. The van der Waals surface area contributed by atoms with Crippen LogP contribution in [0.15, 0.2) is 41.8 Å². The van der Waals surface area contributed by atoms with Crippen molar-refractivity contribution < 1.29 is 4.21 Å². The zero-order valence-corrected chi connectivity index (χ0v) is 14.5. The molecule has 0 radical (unpaired) electrons. The largest absolute Gasteiger partial charge is 0.565 e. The Balaban J connectivity index is 2.37. The summed E-state index contributed by atoms with van der Waals surface area (Å²) in [5.74, 6) is 0.0336. The molecule has 4 nitrogen and oxygen atoms in total. The molecule has 0 aliphatic heterocycles. The number of benzene rings is 1. The molecule has 0 saturated heterocycles. The van der Waals surface area contributed by atoms with Crippen molar-refractivity contribution in [2.24, 2.45) is 5.73 Å². The number of amidine groups is 1. The first-order chi connectivity index (χ1) is 10.3. The minimum absolute atomic E-state index is 0.0336. The number of nitrogens with zero attached hydrogens (tertiary/aromatic N) is 1. The summed E-state index contributed by atoms with van der Waals surface area (Å²) in [6.45, 7) is 5.72. The van der Waals surface area contributed by atoms with Gasteiger partial charge in [0.15, 0.2) is 0 Å². The van der Waals surface area contributed by atoms with Crippen LogP contribution in [0.4, 0.5) is 0 Å². The second-order valence-electron chi connectivity index (χ2n) is 5.93. The molecule has 0 fully saturated rings. The molecule has 1 aromatic carbocycles. The van der Waals surface area contributed by atoms with Gasteiger partial charge in [0.05, 0.1) is 0 Å². The summed E-state index contributed by atoms with van der Waals surface area (Å²) < 4.78 is 16.6. The van der Waals surface area contributed by atoms with Gasteiger partial charge in [0.25, 0.3) is 0 Å². The summed E-state index contributed by atoms with van der Waals surface area (Å²) in [4.78, 5) is 0.939. The van der Waals surface area contributed by atoms with Crippen LogP contribution in [0, 0.1) is 5.41 Å². The summed E-state index contributed by atoms with van der Waals surface area (Å²) in [5.41, 5.74) is 7.20. The van der Waals surface area contributed by atoms with E-state index in [1.54, 1.807) is 0 Å². The van der Waals surface area contributed by atoms with Crippen molar-refractivity contribution in [2.45, 2.75) is 31.6 Å². The molecule has 1 heterocycles. The van der Waals surface area contributed by atoms with Gasteiger partial charge in [-0.2, -0.15) is 0 Å². The van der Waals surface area contributed by atoms with Crippen LogP contribution in [-0.2, 0) is 11.0 Å². The van der Waals surface area contributed by atoms with Gasteiger partial charge in [0.2, 0.25) is 0 Å². The van der Waals surface area contributed by atoms with Crippen LogP contribution in [0.2, 0.25) is 0 Å². The number of thiophene rings is 1. The molecule has 118 valence electrons. The molecule has 3 N–H and O–H groups in total. The molecule has 1 aromatic heterocycles. The maximum Gasteiger partial charge on any atom is 0.123 e. The summed E-state index contributed by atoms with van der Waals surface area (Å²) in [6.07, 6.45) is 0. The fraction of sp³-hybridized carbons (Fsp3) is 0.312. The van der Waals surface area contributed by atoms with Gasteiger partial charge in [0, 0.05) is 15.7 Å². The molecular formula is C16H20N3OS2-. The first-order valence-electron chi connectivity index (χ1n) is 6.89. The van der Waals surface area contributed by atoms with Gasteiger partial charge < -0.3 is 10.5 Å². The Morgan fingerprint density at radius 1 is 1.32 bits per heavy atom. The van der Waals surface area contributed by atoms with Crippen LogP contribution in [0.1, 0.15) is 42.8 Å². The Hall–Kier alpha value is -1.50. The van der Waals surface area contributed by atoms with Gasteiger partial charge in [-0.3, -0.25) is 9.62 Å². The van der Waals surface area contributed by atoms with Gasteiger partial charge >= 0.3 is 0 Å². The normalized spacial score (nSPS) is 14.5. The lowest BCUT2D eigenvalue weighted by Gasteiger charge is -2.36. The number of hydrogen-bond acceptors (Lipinski definition) is 3. The molecule has 0 aliphatic rings. The second kappa shape index (κ2) is 6.73. The van der Waals surface area contributed by atoms with E-state index >= 15 is 0 Å². The summed E-state index contributed by atoms with van der Waals surface area (Å²) in [5, 5.41) is 9.37. The van der Waals surface area contributed by atoms with E-state index in [1.165, 1.54) is 11.3 Å². The van der Waals surface area contributed by atoms with E-state index in [0.29, 0.717) is 5.56 Å². The van der Waals surface area contributed by atoms with Crippen molar-refractivity contribution in [3.63, 3.8) is 0 Å². The van der Waals surface area contributed by atoms with Gasteiger partial charge in [0.1, 0.15) is 5.84 Å². The average Bonchev–Trinajstić information content (AvgIpc) is 2.94. The lowest BCUT2D eigenvalue weighted by Crippen LogP contribution is -2.22. The lowest BCUT2D eigenvalue weighted by atomic mass is 10.1. The highest BCUT2D eigenvalue weighted by Gasteiger charge is 2.16. The highest BCUT2D eigenvalue weighted by Crippen LogP contribution is 2.37. The highest BCUT2D eigenvalue weighted by atomic mass is 32.2. The molecule has 2 rings (SSSR count). The molecule has 1 unspecified atom stereocenters. The number of hydrogen-bond donors (Lipinski definition) is 2. The summed E-state index contributed by atoms with van der Waals surface area (Å²) >= 11 is 1.48. The molecule has 6 heteroatoms. The third-order valence-corrected chi connectivity index (χ3v) is 5.48. The molecule has 2 atom stereocenters. The topological polar surface area (TPSA) is 81.0 Å². The van der Waals surface area contributed by atoms with Gasteiger partial charge in [-0.15, -0.1) is 11.3 Å². The molecular weight excluding hydrogens is 314 g/mol. The van der Waals surface area contributed by atoms with Crippen LogP contribution >= 0.6 is 11.3 Å². The van der Waals surface area contributed by atoms with E-state index in [0.717, 1.165) is 10.4 Å². The second-order valence-corrected chi connectivity index (χ2v) is 8.81. The predicted molar refractivity (Wildman–Crippen MR) is 94.9 cm³/mol. The van der Waals surface area contributed by atoms with E-state index in [1.807, 2.05) is 62.5 Å². The van der Waals surface area contributed by atoms with Crippen LogP contribution in [0.5, 0.6) is 0 Å². The van der Waals surface area contributed by atoms with Crippen molar-refractivity contribution >= 4 is 28.2 Å². The van der Waals surface area contributed by atoms with Crippen molar-refractivity contribution in [1.29, 1.82) is 5.41 Å². The van der Waals surface area contributed by atoms with Crippen molar-refractivity contribution in [3.05, 3.63) is 62.5 Å². The number of nitrogen functional groups attached to an aromatic ring is 1. The quantitative estimate of drug-likeness (QED) is 0.641. The van der Waals surface area contributed by atoms with E-state index in [2.05, 4.69) is 4.72 Å². The third kappa shape index (κ3) is 4.03. The maximum absolute atomic E-state index is 12.4. The molecule has 0 bridgehead atoms. The zero-order valence-electron chi connectivity index (χ0n) is 12.9. The molecule has 22 heavy (non-hydrogen) atoms. The Bertz CT molecular complexity index is 674. The standard InChI is InChI=1S/C16H20N3OS2/c1-16(2,3)22(20)19-14(11-7-5-4-6-8-11)13-9-12(10-21-13)15(17)18/h4-10,14H,1-3H3,(H3,17,18)/q-1/t14-,22?/m0/s1. The number of rotatable bonds is 5. The van der Waals surface area contributed by atoms with Crippen LogP contribution in [0.3, 0.4) is 0 Å². The SMILES string of the molecule is CC(C)(C)S(=O)[N-][C@@H](c1ccccc1)c1cc(C(=N)N)cs1. The molecule has 2 aromatic rings. The molecule has 0 aliphatic carbocycles. The average molecular weight is 334 g/mol. The zero-order chi connectivity index (χ0) is 16.3. The molecule has 0 spiro atoms. The number of nitrogens with one attached hydrogen (secondary N) is 1. The Kier molecular flexibility index (Phi) is 5.16. The Morgan fingerprint density at radius 2 is 1.95 bits per heavy atom. The Labute approximate surface area is 137 Å². The van der Waals surface area contributed by atoms with Crippen molar-refractivity contribution in [2.75, 3.05) is 0 Å². The predicted octanol–water partition coefficient (Wildman–Crippen LogP) is 3.96.